The highest BCUT2D eigenvalue weighted by atomic mass is 79.9. The second kappa shape index (κ2) is 2.80. The lowest BCUT2D eigenvalue weighted by molar-refractivity contribution is 0.271. The summed E-state index contributed by atoms with van der Waals surface area (Å²) in [5, 5.41) is 0. The first-order valence-corrected chi connectivity index (χ1v) is 6.63. The van der Waals surface area contributed by atoms with Gasteiger partial charge in [0.2, 0.25) is 0 Å². The maximum absolute atomic E-state index is 9.99. The summed E-state index contributed by atoms with van der Waals surface area (Å²) < 4.78 is 23.1. The molecule has 0 spiro atoms. The van der Waals surface area contributed by atoms with Crippen molar-refractivity contribution in [1.29, 1.82) is 0 Å². The van der Waals surface area contributed by atoms with Crippen molar-refractivity contribution >= 4 is 29.6 Å². The van der Waals surface area contributed by atoms with Crippen molar-refractivity contribution in [2.45, 2.75) is 0 Å². The predicted molar refractivity (Wildman–Crippen MR) is 31.9 cm³/mol. The van der Waals surface area contributed by atoms with E-state index in [2.05, 4.69) is 4.31 Å². The maximum Gasteiger partial charge on any atom is 0.477 e. The Kier molecular flexibility index (Phi) is 3.04. The van der Waals surface area contributed by atoms with Gasteiger partial charge >= 0.3 is 14.1 Å². The SMILES string of the molecule is O=P(O)(O)OP(=O)(O)Br. The van der Waals surface area contributed by atoms with Gasteiger partial charge in [0, 0.05) is 15.5 Å². The fourth-order valence-corrected chi connectivity index (χ4v) is 2.70. The molecule has 0 saturated heterocycles. The second-order valence-electron chi connectivity index (χ2n) is 1.02. The van der Waals surface area contributed by atoms with Crippen molar-refractivity contribution in [2.24, 2.45) is 0 Å². The Balaban J connectivity index is 4.07. The molecule has 56 valence electrons. The van der Waals surface area contributed by atoms with Gasteiger partial charge in [0.05, 0.1) is 0 Å². The summed E-state index contributed by atoms with van der Waals surface area (Å²) in [7, 11) is -4.85. The van der Waals surface area contributed by atoms with Crippen molar-refractivity contribution in [3.05, 3.63) is 0 Å². The molecule has 0 aliphatic carbocycles. The van der Waals surface area contributed by atoms with Crippen LogP contribution in [0.5, 0.6) is 0 Å². The van der Waals surface area contributed by atoms with Crippen LogP contribution >= 0.6 is 29.6 Å². The molecule has 0 aromatic carbocycles. The maximum atomic E-state index is 9.99. The van der Waals surface area contributed by atoms with Crippen molar-refractivity contribution in [3.63, 3.8) is 0 Å². The van der Waals surface area contributed by atoms with Crippen LogP contribution in [0.2, 0.25) is 0 Å². The molecule has 0 aromatic rings. The number of hydrogen-bond donors (Lipinski definition) is 3. The average Bonchev–Trinajstić information content (AvgIpc) is 1.14. The fraction of sp³-hybridized carbons (Fsp3) is 0. The van der Waals surface area contributed by atoms with E-state index in [4.69, 9.17) is 14.7 Å². The molecule has 0 rings (SSSR count). The van der Waals surface area contributed by atoms with Gasteiger partial charge in [-0.15, -0.1) is 0 Å². The van der Waals surface area contributed by atoms with Crippen LogP contribution in [0.3, 0.4) is 0 Å². The Hall–Kier alpha value is 0.780. The van der Waals surface area contributed by atoms with E-state index in [1.165, 1.54) is 0 Å². The highest BCUT2D eigenvalue weighted by Gasteiger charge is 2.27. The lowest BCUT2D eigenvalue weighted by Gasteiger charge is -2.03. The first-order chi connectivity index (χ1) is 3.71. The van der Waals surface area contributed by atoms with Gasteiger partial charge in [0.25, 0.3) is 0 Å². The molecule has 0 saturated carbocycles. The molecule has 9 heavy (non-hydrogen) atoms. The zero-order chi connectivity index (χ0) is 7.71. The minimum atomic E-state index is -4.85. The fourth-order valence-electron chi connectivity index (χ4n) is 0.131. The van der Waals surface area contributed by atoms with Crippen LogP contribution < -0.4 is 0 Å². The Bertz CT molecular complexity index is 151. The summed E-state index contributed by atoms with van der Waals surface area (Å²) in [5.41, 5.74) is 0. The number of hydrogen-bond acceptors (Lipinski definition) is 3. The Labute approximate surface area is 58.4 Å². The van der Waals surface area contributed by atoms with Gasteiger partial charge in [-0.3, -0.25) is 0 Å². The Morgan fingerprint density at radius 3 is 1.56 bits per heavy atom. The molecule has 0 fully saturated rings. The van der Waals surface area contributed by atoms with Gasteiger partial charge in [-0.05, 0) is 0 Å². The summed E-state index contributed by atoms with van der Waals surface area (Å²) in [6.45, 7) is 0. The minimum Gasteiger partial charge on any atom is -0.316 e. The molecule has 0 heterocycles. The third-order valence-electron chi connectivity index (χ3n) is 0.207. The van der Waals surface area contributed by atoms with Gasteiger partial charge in [0.1, 0.15) is 0 Å². The Morgan fingerprint density at radius 2 is 1.56 bits per heavy atom. The van der Waals surface area contributed by atoms with E-state index >= 15 is 0 Å². The first kappa shape index (κ1) is 9.78. The van der Waals surface area contributed by atoms with Crippen molar-refractivity contribution in [1.82, 2.24) is 0 Å². The Morgan fingerprint density at radius 1 is 1.22 bits per heavy atom. The summed E-state index contributed by atoms with van der Waals surface area (Å²) in [6, 6.07) is 0. The molecular formula is H3BrO6P2. The van der Waals surface area contributed by atoms with Crippen LogP contribution in [0.15, 0.2) is 0 Å². The van der Waals surface area contributed by atoms with E-state index in [0.29, 0.717) is 0 Å². The van der Waals surface area contributed by atoms with E-state index in [0.717, 1.165) is 0 Å². The van der Waals surface area contributed by atoms with Crippen LogP contribution in [-0.2, 0) is 13.4 Å². The highest BCUT2D eigenvalue weighted by molar-refractivity contribution is 9.39. The molecule has 6 nitrogen and oxygen atoms in total. The molecule has 1 unspecified atom stereocenters. The predicted octanol–water partition coefficient (Wildman–Crippen LogP) is 0.591. The van der Waals surface area contributed by atoms with Crippen LogP contribution in [0.25, 0.3) is 0 Å². The zero-order valence-electron chi connectivity index (χ0n) is 3.84. The second-order valence-corrected chi connectivity index (χ2v) is 6.25. The van der Waals surface area contributed by atoms with Crippen LogP contribution in [0.4, 0.5) is 0 Å². The zero-order valence-corrected chi connectivity index (χ0v) is 7.21. The number of halogens is 1. The molecule has 1 atom stereocenters. The van der Waals surface area contributed by atoms with E-state index in [9.17, 15) is 9.13 Å². The van der Waals surface area contributed by atoms with E-state index in [1.807, 2.05) is 15.5 Å². The summed E-state index contributed by atoms with van der Waals surface area (Å²) in [4.78, 5) is 23.9. The monoisotopic (exact) mass is 240 g/mol. The lowest BCUT2D eigenvalue weighted by atomic mass is 15.7. The minimum absolute atomic E-state index is 2.01. The molecule has 0 radical (unpaired) electrons. The largest absolute Gasteiger partial charge is 0.477 e. The topological polar surface area (TPSA) is 104 Å². The van der Waals surface area contributed by atoms with Crippen LogP contribution in [0.1, 0.15) is 0 Å². The van der Waals surface area contributed by atoms with Gasteiger partial charge in [-0.2, -0.15) is 4.31 Å². The summed E-state index contributed by atoms with van der Waals surface area (Å²) in [5.74, 6) is 0. The van der Waals surface area contributed by atoms with Gasteiger partial charge < -0.3 is 14.7 Å². The van der Waals surface area contributed by atoms with Crippen molar-refractivity contribution in [3.8, 4) is 0 Å². The van der Waals surface area contributed by atoms with Crippen LogP contribution in [0, 0.1) is 0 Å². The third kappa shape index (κ3) is 8.78. The van der Waals surface area contributed by atoms with Crippen molar-refractivity contribution < 1.29 is 28.1 Å². The number of rotatable bonds is 2. The molecule has 3 N–H and O–H groups in total. The summed E-state index contributed by atoms with van der Waals surface area (Å²) in [6.07, 6.45) is -4.24. The highest BCUT2D eigenvalue weighted by Crippen LogP contribution is 2.61. The third-order valence-corrected chi connectivity index (χ3v) is 3.03. The standard InChI is InChI=1S/BrH3O6P2/c1-8(2,3)7-9(4,5)6/h(H,2,3)(H2,4,5,6). The molecule has 9 heteroatoms. The van der Waals surface area contributed by atoms with Crippen molar-refractivity contribution in [2.75, 3.05) is 0 Å². The molecule has 0 aliphatic rings. The van der Waals surface area contributed by atoms with E-state index in [1.54, 1.807) is 0 Å². The van der Waals surface area contributed by atoms with Gasteiger partial charge in [0.15, 0.2) is 0 Å². The smallest absolute Gasteiger partial charge is 0.316 e. The molecule has 0 amide bonds. The molecule has 0 bridgehead atoms. The van der Waals surface area contributed by atoms with Gasteiger partial charge in [-0.25, -0.2) is 9.13 Å². The molecular weight excluding hydrogens is 238 g/mol. The quantitative estimate of drug-likeness (QED) is 0.611. The first-order valence-electron chi connectivity index (χ1n) is 1.50. The average molecular weight is 241 g/mol. The normalized spacial score (nSPS) is 19.1. The molecule has 0 aliphatic heterocycles. The summed E-state index contributed by atoms with van der Waals surface area (Å²) >= 11 is 2.01. The number of phosphoric acid groups is 1. The van der Waals surface area contributed by atoms with E-state index < -0.39 is 14.1 Å². The van der Waals surface area contributed by atoms with Gasteiger partial charge in [-0.1, -0.05) is 0 Å². The molecule has 0 aromatic heterocycles. The lowest BCUT2D eigenvalue weighted by Crippen LogP contribution is -1.79. The van der Waals surface area contributed by atoms with E-state index in [-0.39, 0.29) is 0 Å². The van der Waals surface area contributed by atoms with Crippen LogP contribution in [-0.4, -0.2) is 14.7 Å².